The van der Waals surface area contributed by atoms with Crippen LogP contribution in [0.5, 0.6) is 0 Å². The molecule has 1 atom stereocenters. The van der Waals surface area contributed by atoms with Crippen LogP contribution in [0, 0.1) is 6.92 Å². The maximum absolute atomic E-state index is 14.3. The Morgan fingerprint density at radius 3 is 2.26 bits per heavy atom. The van der Waals surface area contributed by atoms with Gasteiger partial charge in [0.2, 0.25) is 5.91 Å². The summed E-state index contributed by atoms with van der Waals surface area (Å²) >= 11 is 5.62. The predicted molar refractivity (Wildman–Crippen MR) is 119 cm³/mol. The number of hydrogen-bond donors (Lipinski definition) is 2. The maximum Gasteiger partial charge on any atom is 0.435 e. The van der Waals surface area contributed by atoms with Gasteiger partial charge in [-0.15, -0.1) is 0 Å². The lowest BCUT2D eigenvalue weighted by molar-refractivity contribution is -0.277. The van der Waals surface area contributed by atoms with Crippen LogP contribution in [-0.2, 0) is 21.4 Å². The summed E-state index contributed by atoms with van der Waals surface area (Å²) in [5.74, 6) is -1.99. The molecule has 1 heterocycles. The van der Waals surface area contributed by atoms with Gasteiger partial charge in [-0.05, 0) is 36.2 Å². The molecule has 2 amide bonds. The van der Waals surface area contributed by atoms with Crippen molar-refractivity contribution in [3.63, 3.8) is 0 Å². The van der Waals surface area contributed by atoms with Gasteiger partial charge in [-0.25, -0.2) is 0 Å². The summed E-state index contributed by atoms with van der Waals surface area (Å²) in [5.41, 5.74) is -6.79. The minimum absolute atomic E-state index is 0.00585. The number of hydrogen-bond acceptors (Lipinski definition) is 4. The zero-order valence-electron chi connectivity index (χ0n) is 19.5. The van der Waals surface area contributed by atoms with E-state index in [1.165, 1.54) is 13.0 Å². The van der Waals surface area contributed by atoms with Crippen molar-refractivity contribution >= 4 is 29.1 Å². The van der Waals surface area contributed by atoms with Crippen LogP contribution in [0.15, 0.2) is 41.6 Å². The van der Waals surface area contributed by atoms with Crippen LogP contribution < -0.4 is 10.6 Å². The SMILES string of the molecule is Cc1cc(C2=NOC(c3cccc(Cl)c3C(F)(F)F)(C(F)(F)F)C2)ccc1C(=O)NCC(=O)NCC(F)(F)F. The molecule has 3 rings (SSSR count). The Bertz CT molecular complexity index is 1310. The molecule has 0 bridgehead atoms. The minimum Gasteiger partial charge on any atom is -0.374 e. The molecular formula is C23H17ClF9N3O3. The third-order valence-electron chi connectivity index (χ3n) is 5.62. The van der Waals surface area contributed by atoms with Crippen LogP contribution in [0.25, 0.3) is 0 Å². The van der Waals surface area contributed by atoms with E-state index >= 15 is 0 Å². The Labute approximate surface area is 219 Å². The molecule has 2 aromatic rings. The van der Waals surface area contributed by atoms with E-state index in [1.54, 1.807) is 5.32 Å². The monoisotopic (exact) mass is 589 g/mol. The highest BCUT2D eigenvalue weighted by Crippen LogP contribution is 2.53. The highest BCUT2D eigenvalue weighted by atomic mass is 35.5. The predicted octanol–water partition coefficient (Wildman–Crippen LogP) is 5.66. The molecule has 0 radical (unpaired) electrons. The normalized spacial score (nSPS) is 17.9. The van der Waals surface area contributed by atoms with E-state index in [0.717, 1.165) is 24.3 Å². The zero-order valence-corrected chi connectivity index (χ0v) is 20.3. The number of oxime groups is 1. The van der Waals surface area contributed by atoms with E-state index in [0.29, 0.717) is 6.07 Å². The van der Waals surface area contributed by atoms with Gasteiger partial charge in [-0.1, -0.05) is 35.0 Å². The summed E-state index contributed by atoms with van der Waals surface area (Å²) in [6, 6.07) is 5.83. The summed E-state index contributed by atoms with van der Waals surface area (Å²) in [6.07, 6.45) is -16.4. The van der Waals surface area contributed by atoms with Crippen molar-refractivity contribution in [2.24, 2.45) is 5.16 Å². The van der Waals surface area contributed by atoms with Gasteiger partial charge in [0, 0.05) is 17.5 Å². The number of rotatable bonds is 6. The molecule has 212 valence electrons. The van der Waals surface area contributed by atoms with E-state index in [-0.39, 0.29) is 22.4 Å². The van der Waals surface area contributed by atoms with Gasteiger partial charge in [0.05, 0.1) is 22.8 Å². The molecule has 1 aliphatic rings. The van der Waals surface area contributed by atoms with E-state index in [2.05, 4.69) is 15.3 Å². The number of nitrogens with one attached hydrogen (secondary N) is 2. The van der Waals surface area contributed by atoms with E-state index in [1.807, 2.05) is 0 Å². The Balaban J connectivity index is 1.83. The molecule has 16 heteroatoms. The van der Waals surface area contributed by atoms with E-state index in [4.69, 9.17) is 11.6 Å². The number of carbonyl (C=O) groups is 2. The Kier molecular flexibility index (Phi) is 8.16. The summed E-state index contributed by atoms with van der Waals surface area (Å²) in [4.78, 5) is 28.5. The fraction of sp³-hybridized carbons (Fsp3) is 0.348. The highest BCUT2D eigenvalue weighted by molar-refractivity contribution is 6.31. The number of aryl methyl sites for hydroxylation is 1. The lowest BCUT2D eigenvalue weighted by Gasteiger charge is -2.32. The van der Waals surface area contributed by atoms with Crippen LogP contribution in [-0.4, -0.2) is 43.0 Å². The second-order valence-electron chi connectivity index (χ2n) is 8.40. The van der Waals surface area contributed by atoms with Crippen molar-refractivity contribution in [2.45, 2.75) is 37.5 Å². The third-order valence-corrected chi connectivity index (χ3v) is 5.93. The van der Waals surface area contributed by atoms with Crippen LogP contribution in [0.4, 0.5) is 39.5 Å². The van der Waals surface area contributed by atoms with Crippen LogP contribution in [0.3, 0.4) is 0 Å². The van der Waals surface area contributed by atoms with Gasteiger partial charge in [-0.3, -0.25) is 9.59 Å². The first-order chi connectivity index (χ1) is 17.9. The fourth-order valence-corrected chi connectivity index (χ4v) is 4.08. The number of benzene rings is 2. The smallest absolute Gasteiger partial charge is 0.374 e. The van der Waals surface area contributed by atoms with Crippen molar-refractivity contribution in [1.29, 1.82) is 0 Å². The molecule has 0 saturated carbocycles. The molecular weight excluding hydrogens is 573 g/mol. The quantitative estimate of drug-likeness (QED) is 0.427. The average Bonchev–Trinajstić information content (AvgIpc) is 3.27. The molecule has 2 aromatic carbocycles. The molecule has 2 N–H and O–H groups in total. The average molecular weight is 590 g/mol. The standard InChI is InChI=1S/C23H17ClF9N3O3/c1-11-7-12(5-6-13(11)19(38)34-9-17(37)35-10-21(25,26)27)16-8-20(39-36-16,23(31,32)33)14-3-2-4-15(24)18(14)22(28,29)30/h2-7H,8-10H2,1H3,(H,34,38)(H,35,37). The van der Waals surface area contributed by atoms with Crippen molar-refractivity contribution < 1.29 is 53.9 Å². The molecule has 1 unspecified atom stereocenters. The van der Waals surface area contributed by atoms with Gasteiger partial charge in [0.25, 0.3) is 11.5 Å². The van der Waals surface area contributed by atoms with Gasteiger partial charge < -0.3 is 15.5 Å². The number of nitrogens with zero attached hydrogens (tertiary/aromatic N) is 1. The van der Waals surface area contributed by atoms with Crippen molar-refractivity contribution in [3.8, 4) is 0 Å². The largest absolute Gasteiger partial charge is 0.435 e. The van der Waals surface area contributed by atoms with Crippen LogP contribution >= 0.6 is 11.6 Å². The summed E-state index contributed by atoms with van der Waals surface area (Å²) in [5, 5.41) is 6.12. The first kappa shape index (κ1) is 30.1. The minimum atomic E-state index is -5.36. The molecule has 0 aromatic heterocycles. The second-order valence-corrected chi connectivity index (χ2v) is 8.80. The topological polar surface area (TPSA) is 79.8 Å². The number of amides is 2. The van der Waals surface area contributed by atoms with Crippen molar-refractivity contribution in [2.75, 3.05) is 13.1 Å². The highest BCUT2D eigenvalue weighted by Gasteiger charge is 2.64. The summed E-state index contributed by atoms with van der Waals surface area (Å²) < 4.78 is 120. The summed E-state index contributed by atoms with van der Waals surface area (Å²) in [6.45, 7) is -1.02. The Morgan fingerprint density at radius 2 is 1.69 bits per heavy atom. The van der Waals surface area contributed by atoms with Gasteiger partial charge in [0.1, 0.15) is 6.54 Å². The second kappa shape index (κ2) is 10.6. The zero-order chi connectivity index (χ0) is 29.4. The number of carbonyl (C=O) groups excluding carboxylic acids is 2. The lowest BCUT2D eigenvalue weighted by Crippen LogP contribution is -2.44. The molecule has 0 saturated heterocycles. The molecule has 6 nitrogen and oxygen atoms in total. The molecule has 0 aliphatic carbocycles. The first-order valence-electron chi connectivity index (χ1n) is 10.8. The van der Waals surface area contributed by atoms with Gasteiger partial charge in [0.15, 0.2) is 0 Å². The van der Waals surface area contributed by atoms with Crippen LogP contribution in [0.1, 0.15) is 39.0 Å². The Hall–Kier alpha value is -3.49. The molecule has 0 fully saturated rings. The lowest BCUT2D eigenvalue weighted by atomic mass is 9.83. The van der Waals surface area contributed by atoms with Crippen molar-refractivity contribution in [3.05, 3.63) is 69.2 Å². The third kappa shape index (κ3) is 6.57. The van der Waals surface area contributed by atoms with Crippen molar-refractivity contribution in [1.82, 2.24) is 10.6 Å². The van der Waals surface area contributed by atoms with E-state index < -0.39 is 71.6 Å². The molecule has 1 aliphatic heterocycles. The van der Waals surface area contributed by atoms with E-state index in [9.17, 15) is 49.1 Å². The van der Waals surface area contributed by atoms with Crippen LogP contribution in [0.2, 0.25) is 5.02 Å². The number of alkyl halides is 9. The molecule has 0 spiro atoms. The summed E-state index contributed by atoms with van der Waals surface area (Å²) in [7, 11) is 0. The fourth-order valence-electron chi connectivity index (χ4n) is 3.80. The molecule has 39 heavy (non-hydrogen) atoms. The maximum atomic E-state index is 14.3. The Morgan fingerprint density at radius 1 is 1.03 bits per heavy atom. The number of halogens is 10. The van der Waals surface area contributed by atoms with Gasteiger partial charge in [-0.2, -0.15) is 39.5 Å². The first-order valence-corrected chi connectivity index (χ1v) is 11.1. The van der Waals surface area contributed by atoms with Gasteiger partial charge >= 0.3 is 18.5 Å².